The fourth-order valence-corrected chi connectivity index (χ4v) is 5.64. The van der Waals surface area contributed by atoms with Gasteiger partial charge in [-0.25, -0.2) is 4.98 Å². The van der Waals surface area contributed by atoms with Crippen molar-refractivity contribution in [3.05, 3.63) is 76.5 Å². The number of allylic oxidation sites excluding steroid dienone is 2. The predicted octanol–water partition coefficient (Wildman–Crippen LogP) is 6.03. The number of piperidine rings is 2. The molecule has 0 bridgehead atoms. The number of carbonyl (C=O) groups excluding carboxylic acids is 2. The molecule has 1 aromatic heterocycles. The van der Waals surface area contributed by atoms with Crippen molar-refractivity contribution in [3.8, 4) is 0 Å². The Morgan fingerprint density at radius 3 is 2.36 bits per heavy atom. The fraction of sp³-hybridized carbons (Fsp3) is 0.433. The Bertz CT molecular complexity index is 1350. The van der Waals surface area contributed by atoms with Gasteiger partial charge < -0.3 is 25.2 Å². The van der Waals surface area contributed by atoms with Crippen molar-refractivity contribution in [2.45, 2.75) is 57.2 Å². The summed E-state index contributed by atoms with van der Waals surface area (Å²) >= 11 is 6.13. The van der Waals surface area contributed by atoms with Crippen molar-refractivity contribution in [3.63, 3.8) is 0 Å². The second kappa shape index (κ2) is 13.1. The van der Waals surface area contributed by atoms with E-state index in [2.05, 4.69) is 20.5 Å². The summed E-state index contributed by atoms with van der Waals surface area (Å²) in [5.41, 5.74) is -0.277. The number of ether oxygens (including phenoxy) is 1. The first-order chi connectivity index (χ1) is 20.2. The van der Waals surface area contributed by atoms with Crippen LogP contribution < -0.4 is 15.5 Å². The summed E-state index contributed by atoms with van der Waals surface area (Å²) in [6.45, 7) is 2.65. The van der Waals surface area contributed by atoms with Gasteiger partial charge in [0.05, 0.1) is 28.0 Å². The van der Waals surface area contributed by atoms with Gasteiger partial charge in [0.25, 0.3) is 11.8 Å². The number of aromatic nitrogens is 1. The van der Waals surface area contributed by atoms with Crippen LogP contribution in [0.3, 0.4) is 0 Å². The molecule has 2 saturated heterocycles. The van der Waals surface area contributed by atoms with E-state index in [4.69, 9.17) is 16.3 Å². The number of benzene rings is 1. The molecule has 0 unspecified atom stereocenters. The van der Waals surface area contributed by atoms with Gasteiger partial charge in [0.2, 0.25) is 5.76 Å². The molecule has 3 aliphatic rings. The first kappa shape index (κ1) is 29.8. The number of halogens is 4. The van der Waals surface area contributed by atoms with Crippen LogP contribution in [0, 0.1) is 0 Å². The molecule has 224 valence electrons. The lowest BCUT2D eigenvalue weighted by atomic mass is 10.0. The number of alkyl halides is 3. The molecule has 4 heterocycles. The van der Waals surface area contributed by atoms with Crippen molar-refractivity contribution in [2.24, 2.45) is 0 Å². The minimum atomic E-state index is -4.70. The average Bonchev–Trinajstić information content (AvgIpc) is 3.23. The highest BCUT2D eigenvalue weighted by Gasteiger charge is 2.40. The summed E-state index contributed by atoms with van der Waals surface area (Å²) in [6.07, 6.45) is 2.47. The third kappa shape index (κ3) is 7.18. The molecule has 0 spiro atoms. The summed E-state index contributed by atoms with van der Waals surface area (Å²) in [7, 11) is 0. The van der Waals surface area contributed by atoms with E-state index in [1.54, 1.807) is 42.5 Å². The first-order valence-corrected chi connectivity index (χ1v) is 14.6. The lowest BCUT2D eigenvalue weighted by molar-refractivity contribution is -0.119. The molecule has 0 saturated carbocycles. The molecule has 42 heavy (non-hydrogen) atoms. The van der Waals surface area contributed by atoms with E-state index >= 15 is 0 Å². The van der Waals surface area contributed by atoms with Crippen molar-refractivity contribution in [1.82, 2.24) is 15.2 Å². The molecule has 8 nitrogen and oxygen atoms in total. The van der Waals surface area contributed by atoms with E-state index in [1.165, 1.54) is 6.20 Å². The summed E-state index contributed by atoms with van der Waals surface area (Å²) in [6, 6.07) is 10.2. The topological polar surface area (TPSA) is 86.8 Å². The molecule has 1 aromatic carbocycles. The van der Waals surface area contributed by atoms with Gasteiger partial charge in [0, 0.05) is 32.2 Å². The Morgan fingerprint density at radius 2 is 1.69 bits per heavy atom. The highest BCUT2D eigenvalue weighted by Crippen LogP contribution is 2.36. The molecule has 2 N–H and O–H groups in total. The normalized spacial score (nSPS) is 18.6. The minimum Gasteiger partial charge on any atom is -0.435 e. The highest BCUT2D eigenvalue weighted by molar-refractivity contribution is 6.33. The van der Waals surface area contributed by atoms with Crippen molar-refractivity contribution < 1.29 is 27.5 Å². The zero-order valence-electron chi connectivity index (χ0n) is 23.1. The van der Waals surface area contributed by atoms with E-state index in [0.717, 1.165) is 19.3 Å². The standard InChI is InChI=1S/C30H33ClF3N5O3/c31-24-9-3-2-7-22(24)28(40)36-20-13-17-38(18-14-20)25-12-11-21(19-35-25)37-29(41)27-23(30(32,33)34)8-6-10-26(42-27)39-15-4-1-5-16-39/h2-3,7,9-12,19-20H,1,4-6,8,13-18H2,(H,36,40)(H,37,41). The number of hydrogen-bond acceptors (Lipinski definition) is 6. The summed E-state index contributed by atoms with van der Waals surface area (Å²) in [5.74, 6) is -0.921. The Kier molecular flexibility index (Phi) is 9.25. The quantitative estimate of drug-likeness (QED) is 0.420. The molecule has 12 heteroatoms. The van der Waals surface area contributed by atoms with Gasteiger partial charge in [-0.15, -0.1) is 0 Å². The number of rotatable bonds is 6. The zero-order chi connectivity index (χ0) is 29.7. The van der Waals surface area contributed by atoms with Crippen LogP contribution in [-0.2, 0) is 9.53 Å². The van der Waals surface area contributed by atoms with E-state index < -0.39 is 23.4 Å². The van der Waals surface area contributed by atoms with Crippen LogP contribution in [0.2, 0.25) is 5.02 Å². The van der Waals surface area contributed by atoms with Gasteiger partial charge in [-0.05, 0) is 75.3 Å². The molecular weight excluding hydrogens is 571 g/mol. The minimum absolute atomic E-state index is 0.0110. The second-order valence-electron chi connectivity index (χ2n) is 10.6. The number of anilines is 2. The maximum Gasteiger partial charge on any atom is 0.416 e. The number of likely N-dealkylation sites (tertiary alicyclic amines) is 1. The zero-order valence-corrected chi connectivity index (χ0v) is 23.8. The van der Waals surface area contributed by atoms with Crippen LogP contribution in [0.1, 0.15) is 55.3 Å². The third-order valence-corrected chi connectivity index (χ3v) is 8.02. The molecule has 2 aromatic rings. The molecule has 2 amide bonds. The molecule has 0 radical (unpaired) electrons. The molecular formula is C30H33ClF3N5O3. The lowest BCUT2D eigenvalue weighted by Crippen LogP contribution is -2.45. The van der Waals surface area contributed by atoms with E-state index in [9.17, 15) is 22.8 Å². The van der Waals surface area contributed by atoms with Crippen molar-refractivity contribution in [2.75, 3.05) is 36.4 Å². The largest absolute Gasteiger partial charge is 0.435 e. The van der Waals surface area contributed by atoms with Crippen LogP contribution in [0.15, 0.2) is 65.9 Å². The van der Waals surface area contributed by atoms with E-state index in [1.807, 2.05) is 4.90 Å². The Balaban J connectivity index is 1.20. The molecule has 0 aliphatic carbocycles. The number of amides is 2. The van der Waals surface area contributed by atoms with Crippen LogP contribution in [-0.4, -0.2) is 60.1 Å². The number of carbonyl (C=O) groups is 2. The highest BCUT2D eigenvalue weighted by atomic mass is 35.5. The van der Waals surface area contributed by atoms with Crippen LogP contribution in [0.25, 0.3) is 0 Å². The van der Waals surface area contributed by atoms with Crippen LogP contribution in [0.4, 0.5) is 24.7 Å². The van der Waals surface area contributed by atoms with E-state index in [0.29, 0.717) is 61.3 Å². The maximum absolute atomic E-state index is 13.9. The third-order valence-electron chi connectivity index (χ3n) is 7.69. The Morgan fingerprint density at radius 1 is 0.952 bits per heavy atom. The molecule has 3 aliphatic heterocycles. The van der Waals surface area contributed by atoms with Gasteiger partial charge in [-0.3, -0.25) is 9.59 Å². The van der Waals surface area contributed by atoms with Gasteiger partial charge in [-0.2, -0.15) is 13.2 Å². The predicted molar refractivity (Wildman–Crippen MR) is 154 cm³/mol. The SMILES string of the molecule is O=C(Nc1ccc(N2CCC(NC(=O)c3ccccc3Cl)CC2)nc1)C1=C(C(F)(F)F)CCC=C(N2CCCCC2)O1. The van der Waals surface area contributed by atoms with Crippen molar-refractivity contribution in [1.29, 1.82) is 0 Å². The summed E-state index contributed by atoms with van der Waals surface area (Å²) < 4.78 is 47.4. The smallest absolute Gasteiger partial charge is 0.416 e. The summed E-state index contributed by atoms with van der Waals surface area (Å²) in [4.78, 5) is 34.1. The number of hydrogen-bond donors (Lipinski definition) is 2. The summed E-state index contributed by atoms with van der Waals surface area (Å²) in [5, 5.41) is 5.97. The van der Waals surface area contributed by atoms with Gasteiger partial charge >= 0.3 is 6.18 Å². The lowest BCUT2D eigenvalue weighted by Gasteiger charge is -2.33. The van der Waals surface area contributed by atoms with Crippen molar-refractivity contribution >= 4 is 34.9 Å². The van der Waals surface area contributed by atoms with E-state index in [-0.39, 0.29) is 30.5 Å². The maximum atomic E-state index is 13.9. The molecule has 0 atom stereocenters. The Labute approximate surface area is 247 Å². The van der Waals surface area contributed by atoms with Gasteiger partial charge in [0.15, 0.2) is 5.88 Å². The number of nitrogens with one attached hydrogen (secondary N) is 2. The molecule has 5 rings (SSSR count). The van der Waals surface area contributed by atoms with Crippen LogP contribution >= 0.6 is 11.6 Å². The Hall–Kier alpha value is -3.73. The average molecular weight is 604 g/mol. The van der Waals surface area contributed by atoms with Crippen LogP contribution in [0.5, 0.6) is 0 Å². The first-order valence-electron chi connectivity index (χ1n) is 14.2. The molecule has 2 fully saturated rings. The fourth-order valence-electron chi connectivity index (χ4n) is 5.42. The van der Waals surface area contributed by atoms with Gasteiger partial charge in [0.1, 0.15) is 5.82 Å². The second-order valence-corrected chi connectivity index (χ2v) is 11.0. The van der Waals surface area contributed by atoms with Gasteiger partial charge in [-0.1, -0.05) is 23.7 Å². The monoisotopic (exact) mass is 603 g/mol. The number of nitrogens with zero attached hydrogens (tertiary/aromatic N) is 3. The number of pyridine rings is 1.